The third kappa shape index (κ3) is 3.47. The number of nitrogens with two attached hydrogens (primary N) is 1. The van der Waals surface area contributed by atoms with E-state index < -0.39 is 18.3 Å². The molecule has 0 saturated heterocycles. The van der Waals surface area contributed by atoms with Crippen molar-refractivity contribution in [1.82, 2.24) is 0 Å². The Morgan fingerprint density at radius 2 is 2.10 bits per heavy atom. The Balaban J connectivity index is 2.41. The van der Waals surface area contributed by atoms with Gasteiger partial charge in [0.25, 0.3) is 0 Å². The summed E-state index contributed by atoms with van der Waals surface area (Å²) in [5.41, 5.74) is 6.21. The molecule has 1 aliphatic rings. The first-order chi connectivity index (χ1) is 9.95. The maximum absolute atomic E-state index is 13.3. The van der Waals surface area contributed by atoms with Gasteiger partial charge in [0.15, 0.2) is 0 Å². The van der Waals surface area contributed by atoms with Gasteiger partial charge in [-0.1, -0.05) is 18.2 Å². The topological polar surface area (TPSA) is 55.6 Å². The Kier molecular flexibility index (Phi) is 4.72. The highest BCUT2D eigenvalue weighted by atomic mass is 19.4. The lowest BCUT2D eigenvalue weighted by atomic mass is 10.1. The molecule has 1 atom stereocenters. The molecule has 1 unspecified atom stereocenters. The monoisotopic (exact) mass is 302 g/mol. The molecule has 116 valence electrons. The molecular weight excluding hydrogens is 285 g/mol. The first-order valence-electron chi connectivity index (χ1n) is 6.76. The summed E-state index contributed by atoms with van der Waals surface area (Å²) < 4.78 is 44.7. The number of fused-ring (bicyclic) bond motifs is 1. The number of nitrogens with zero attached hydrogens (tertiary/aromatic N) is 1. The summed E-state index contributed by atoms with van der Waals surface area (Å²) in [6.45, 7) is -0.0417. The van der Waals surface area contributed by atoms with Gasteiger partial charge >= 0.3 is 12.3 Å². The van der Waals surface area contributed by atoms with E-state index >= 15 is 0 Å². The van der Waals surface area contributed by atoms with Gasteiger partial charge < -0.3 is 10.5 Å². The minimum Gasteiger partial charge on any atom is -0.448 e. The number of ether oxygens (including phenoxy) is 1. The standard InChI is InChI=1S/C14H17F3N2O2/c15-14(16,17)12-7-3-5-10-4-1-2-6-11(10)19(12)13(20)21-9-8-18/h1-2,4,6,12H,3,5,7-9,18H2. The Morgan fingerprint density at radius 3 is 2.76 bits per heavy atom. The Labute approximate surface area is 120 Å². The van der Waals surface area contributed by atoms with Gasteiger partial charge in [0.05, 0.1) is 5.69 Å². The highest BCUT2D eigenvalue weighted by Crippen LogP contribution is 2.37. The second-order valence-corrected chi connectivity index (χ2v) is 4.85. The number of carbonyl (C=O) groups excluding carboxylic acids is 1. The molecule has 2 N–H and O–H groups in total. The number of carbonyl (C=O) groups is 1. The Hall–Kier alpha value is -1.76. The molecule has 0 radical (unpaired) electrons. The molecule has 0 bridgehead atoms. The van der Waals surface area contributed by atoms with Crippen molar-refractivity contribution in [2.45, 2.75) is 31.5 Å². The van der Waals surface area contributed by atoms with Gasteiger partial charge in [0.2, 0.25) is 0 Å². The zero-order valence-corrected chi connectivity index (χ0v) is 11.4. The molecule has 0 saturated carbocycles. The van der Waals surface area contributed by atoms with E-state index in [1.165, 1.54) is 6.07 Å². The summed E-state index contributed by atoms with van der Waals surface area (Å²) in [7, 11) is 0. The average molecular weight is 302 g/mol. The van der Waals surface area contributed by atoms with E-state index in [4.69, 9.17) is 10.5 Å². The fourth-order valence-electron chi connectivity index (χ4n) is 2.49. The minimum absolute atomic E-state index is 0.0674. The highest BCUT2D eigenvalue weighted by Gasteiger charge is 2.47. The van der Waals surface area contributed by atoms with Crippen molar-refractivity contribution in [3.05, 3.63) is 29.8 Å². The number of aryl methyl sites for hydroxylation is 1. The van der Waals surface area contributed by atoms with E-state index in [0.717, 1.165) is 4.90 Å². The van der Waals surface area contributed by atoms with Crippen molar-refractivity contribution in [2.75, 3.05) is 18.1 Å². The molecule has 0 aromatic heterocycles. The number of amides is 1. The van der Waals surface area contributed by atoms with Crippen LogP contribution >= 0.6 is 0 Å². The number of benzene rings is 1. The summed E-state index contributed by atoms with van der Waals surface area (Å²) in [6, 6.07) is 4.74. The fraction of sp³-hybridized carbons (Fsp3) is 0.500. The summed E-state index contributed by atoms with van der Waals surface area (Å²) in [5.74, 6) is 0. The van der Waals surface area contributed by atoms with Crippen LogP contribution in [-0.2, 0) is 11.2 Å². The van der Waals surface area contributed by atoms with Crippen LogP contribution in [0.5, 0.6) is 0 Å². The predicted molar refractivity (Wildman–Crippen MR) is 72.1 cm³/mol. The van der Waals surface area contributed by atoms with Crippen LogP contribution in [-0.4, -0.2) is 31.5 Å². The fourth-order valence-corrected chi connectivity index (χ4v) is 2.49. The van der Waals surface area contributed by atoms with E-state index in [0.29, 0.717) is 18.4 Å². The Morgan fingerprint density at radius 1 is 1.38 bits per heavy atom. The van der Waals surface area contributed by atoms with Gasteiger partial charge in [-0.05, 0) is 30.9 Å². The molecule has 1 aromatic rings. The van der Waals surface area contributed by atoms with Crippen molar-refractivity contribution in [3.63, 3.8) is 0 Å². The van der Waals surface area contributed by atoms with Crippen molar-refractivity contribution < 1.29 is 22.7 Å². The largest absolute Gasteiger partial charge is 0.448 e. The molecule has 0 aliphatic carbocycles. The molecule has 1 heterocycles. The highest BCUT2D eigenvalue weighted by molar-refractivity contribution is 5.89. The van der Waals surface area contributed by atoms with Crippen LogP contribution in [0.3, 0.4) is 0 Å². The number of hydrogen-bond acceptors (Lipinski definition) is 3. The predicted octanol–water partition coefficient (Wildman–Crippen LogP) is 2.86. The van der Waals surface area contributed by atoms with Crippen molar-refractivity contribution >= 4 is 11.8 Å². The first-order valence-corrected chi connectivity index (χ1v) is 6.76. The summed E-state index contributed by atoms with van der Waals surface area (Å²) in [4.78, 5) is 12.8. The van der Waals surface area contributed by atoms with Gasteiger partial charge in [-0.2, -0.15) is 13.2 Å². The van der Waals surface area contributed by atoms with Crippen LogP contribution in [0.1, 0.15) is 18.4 Å². The molecule has 7 heteroatoms. The number of halogens is 3. The Bertz CT molecular complexity index is 505. The van der Waals surface area contributed by atoms with E-state index in [1.807, 2.05) is 0 Å². The number of hydrogen-bond donors (Lipinski definition) is 1. The molecule has 4 nitrogen and oxygen atoms in total. The lowest BCUT2D eigenvalue weighted by Gasteiger charge is -2.31. The minimum atomic E-state index is -4.50. The molecule has 1 aliphatic heterocycles. The normalized spacial score (nSPS) is 18.9. The third-order valence-electron chi connectivity index (χ3n) is 3.40. The molecule has 21 heavy (non-hydrogen) atoms. The summed E-state index contributed by atoms with van der Waals surface area (Å²) in [5, 5.41) is 0. The van der Waals surface area contributed by atoms with Gasteiger partial charge in [-0.3, -0.25) is 4.90 Å². The lowest BCUT2D eigenvalue weighted by molar-refractivity contribution is -0.149. The number of rotatable bonds is 2. The number of para-hydroxylation sites is 1. The van der Waals surface area contributed by atoms with E-state index in [2.05, 4.69) is 0 Å². The molecular formula is C14H17F3N2O2. The van der Waals surface area contributed by atoms with Crippen LogP contribution in [0, 0.1) is 0 Å². The van der Waals surface area contributed by atoms with E-state index in [9.17, 15) is 18.0 Å². The zero-order chi connectivity index (χ0) is 15.5. The maximum atomic E-state index is 13.3. The van der Waals surface area contributed by atoms with Crippen LogP contribution < -0.4 is 10.6 Å². The average Bonchev–Trinajstić information content (AvgIpc) is 2.63. The quantitative estimate of drug-likeness (QED) is 0.914. The number of alkyl halides is 3. The van der Waals surface area contributed by atoms with Crippen molar-refractivity contribution in [2.24, 2.45) is 5.73 Å². The number of anilines is 1. The van der Waals surface area contributed by atoms with Gasteiger partial charge in [0, 0.05) is 6.54 Å². The van der Waals surface area contributed by atoms with Crippen LogP contribution in [0.25, 0.3) is 0 Å². The second-order valence-electron chi connectivity index (χ2n) is 4.85. The van der Waals surface area contributed by atoms with Crippen LogP contribution in [0.15, 0.2) is 24.3 Å². The molecule has 0 spiro atoms. The van der Waals surface area contributed by atoms with E-state index in [-0.39, 0.29) is 25.3 Å². The third-order valence-corrected chi connectivity index (χ3v) is 3.40. The van der Waals surface area contributed by atoms with Crippen LogP contribution in [0.4, 0.5) is 23.7 Å². The van der Waals surface area contributed by atoms with Gasteiger partial charge in [-0.15, -0.1) is 0 Å². The summed E-state index contributed by atoms with van der Waals surface area (Å²) >= 11 is 0. The second kappa shape index (κ2) is 6.34. The van der Waals surface area contributed by atoms with E-state index in [1.54, 1.807) is 18.2 Å². The smallest absolute Gasteiger partial charge is 0.414 e. The van der Waals surface area contributed by atoms with Gasteiger partial charge in [0.1, 0.15) is 12.6 Å². The SMILES string of the molecule is NCCOC(=O)N1c2ccccc2CCCC1C(F)(F)F. The molecule has 1 aromatic carbocycles. The van der Waals surface area contributed by atoms with Crippen LogP contribution in [0.2, 0.25) is 0 Å². The maximum Gasteiger partial charge on any atom is 0.414 e. The molecule has 1 amide bonds. The zero-order valence-electron chi connectivity index (χ0n) is 11.4. The lowest BCUT2D eigenvalue weighted by Crippen LogP contribution is -2.49. The molecule has 0 fully saturated rings. The molecule has 2 rings (SSSR count). The first kappa shape index (κ1) is 15.6. The van der Waals surface area contributed by atoms with Gasteiger partial charge in [-0.25, -0.2) is 4.79 Å². The van der Waals surface area contributed by atoms with Crippen molar-refractivity contribution in [1.29, 1.82) is 0 Å². The summed E-state index contributed by atoms with van der Waals surface area (Å²) in [6.07, 6.45) is -4.78. The van der Waals surface area contributed by atoms with Crippen molar-refractivity contribution in [3.8, 4) is 0 Å².